The molecule has 0 aromatic heterocycles. The molecule has 0 saturated heterocycles. The molecule has 0 aliphatic carbocycles. The van der Waals surface area contributed by atoms with Crippen LogP contribution in [0.1, 0.15) is 226 Å². The van der Waals surface area contributed by atoms with Gasteiger partial charge in [-0.1, -0.05) is 212 Å². The van der Waals surface area contributed by atoms with E-state index in [-0.39, 0.29) is 6.61 Å². The van der Waals surface area contributed by atoms with E-state index in [1.165, 1.54) is 154 Å². The predicted molar refractivity (Wildman–Crippen MR) is 213 cm³/mol. The molecule has 0 aromatic rings. The van der Waals surface area contributed by atoms with Crippen LogP contribution in [0.25, 0.3) is 0 Å². The molecule has 49 heavy (non-hydrogen) atoms. The van der Waals surface area contributed by atoms with Crippen LogP contribution in [0.15, 0.2) is 24.3 Å². The monoisotopic (exact) mass is 692 g/mol. The molecule has 1 amide bonds. The molecule has 290 valence electrons. The van der Waals surface area contributed by atoms with Gasteiger partial charge in [-0.3, -0.25) is 4.79 Å². The molecule has 0 rings (SSSR count). The minimum atomic E-state index is -1.07. The van der Waals surface area contributed by atoms with Crippen molar-refractivity contribution >= 4 is 5.91 Å². The Morgan fingerprint density at radius 1 is 0.510 bits per heavy atom. The Bertz CT molecular complexity index is 724. The van der Waals surface area contributed by atoms with E-state index in [1.54, 1.807) is 0 Å². The zero-order valence-corrected chi connectivity index (χ0v) is 32.8. The van der Waals surface area contributed by atoms with Gasteiger partial charge in [-0.15, -0.1) is 0 Å². The van der Waals surface area contributed by atoms with Gasteiger partial charge in [0.05, 0.1) is 18.8 Å². The maximum Gasteiger partial charge on any atom is 0.249 e. The SMILES string of the molecule is CC/C=C\C/C=C\CCCCCCCCCCCCCCCC(O)C(=O)NC(CO)C(O)CCCCCCCCCCCCCCCCC. The third-order valence-electron chi connectivity index (χ3n) is 10.1. The lowest BCUT2D eigenvalue weighted by Crippen LogP contribution is -2.49. The van der Waals surface area contributed by atoms with Crippen molar-refractivity contribution in [3.8, 4) is 0 Å². The summed E-state index contributed by atoms with van der Waals surface area (Å²) in [5.74, 6) is -0.470. The number of carbonyl (C=O) groups is 1. The quantitative estimate of drug-likeness (QED) is 0.0381. The number of hydrogen-bond acceptors (Lipinski definition) is 4. The summed E-state index contributed by atoms with van der Waals surface area (Å²) in [6.45, 7) is 4.13. The molecule has 0 spiro atoms. The van der Waals surface area contributed by atoms with Crippen molar-refractivity contribution < 1.29 is 20.1 Å². The molecule has 0 radical (unpaired) electrons. The Morgan fingerprint density at radius 3 is 1.33 bits per heavy atom. The number of rotatable bonds is 39. The lowest BCUT2D eigenvalue weighted by atomic mass is 10.0. The molecular formula is C44H85NO4. The minimum Gasteiger partial charge on any atom is -0.394 e. The Morgan fingerprint density at radius 2 is 0.898 bits per heavy atom. The molecule has 3 unspecified atom stereocenters. The van der Waals surface area contributed by atoms with E-state index in [0.717, 1.165) is 44.9 Å². The topological polar surface area (TPSA) is 89.8 Å². The summed E-state index contributed by atoms with van der Waals surface area (Å²) in [5, 5.41) is 33.3. The summed E-state index contributed by atoms with van der Waals surface area (Å²) in [6, 6.07) is -0.709. The van der Waals surface area contributed by atoms with Crippen LogP contribution >= 0.6 is 0 Å². The summed E-state index contributed by atoms with van der Waals surface area (Å²) >= 11 is 0. The van der Waals surface area contributed by atoms with Gasteiger partial charge >= 0.3 is 0 Å². The van der Waals surface area contributed by atoms with Crippen molar-refractivity contribution in [2.45, 2.75) is 244 Å². The molecule has 0 aliphatic rings. The lowest BCUT2D eigenvalue weighted by molar-refractivity contribution is -0.131. The second-order valence-corrected chi connectivity index (χ2v) is 14.9. The zero-order valence-electron chi connectivity index (χ0n) is 32.8. The molecule has 0 saturated carbocycles. The highest BCUT2D eigenvalue weighted by atomic mass is 16.3. The predicted octanol–water partition coefficient (Wildman–Crippen LogP) is 12.2. The average Bonchev–Trinajstić information content (AvgIpc) is 3.11. The summed E-state index contributed by atoms with van der Waals surface area (Å²) in [7, 11) is 0. The van der Waals surface area contributed by atoms with Gasteiger partial charge in [-0.25, -0.2) is 0 Å². The second kappa shape index (κ2) is 39.6. The first-order valence-electron chi connectivity index (χ1n) is 21.6. The average molecular weight is 692 g/mol. The van der Waals surface area contributed by atoms with E-state index < -0.39 is 24.2 Å². The third-order valence-corrected chi connectivity index (χ3v) is 10.1. The normalized spacial score (nSPS) is 13.8. The number of aliphatic hydroxyl groups excluding tert-OH is 3. The van der Waals surface area contributed by atoms with Crippen molar-refractivity contribution in [3.63, 3.8) is 0 Å². The molecule has 0 bridgehead atoms. The van der Waals surface area contributed by atoms with Crippen LogP contribution in [-0.2, 0) is 4.79 Å². The maximum absolute atomic E-state index is 12.5. The van der Waals surface area contributed by atoms with Gasteiger partial charge in [0, 0.05) is 0 Å². The number of nitrogens with one attached hydrogen (secondary N) is 1. The fraction of sp³-hybridized carbons (Fsp3) is 0.886. The Labute approximate surface area is 305 Å². The van der Waals surface area contributed by atoms with Crippen molar-refractivity contribution in [2.75, 3.05) is 6.61 Å². The van der Waals surface area contributed by atoms with E-state index in [4.69, 9.17) is 0 Å². The standard InChI is InChI=1S/C44H85NO4/c1-3-5-7-9-11-13-15-17-19-20-21-22-23-25-27-29-31-33-35-37-39-43(48)44(49)45-41(40-46)42(47)38-36-34-32-30-28-26-24-18-16-14-12-10-8-6-4-2/h5,7,11,13,41-43,46-48H,3-4,6,8-10,12,14-40H2,1-2H3,(H,45,49)/b7-5-,13-11-. The van der Waals surface area contributed by atoms with E-state index in [2.05, 4.69) is 43.5 Å². The molecule has 0 fully saturated rings. The molecule has 5 nitrogen and oxygen atoms in total. The van der Waals surface area contributed by atoms with Crippen molar-refractivity contribution in [3.05, 3.63) is 24.3 Å². The van der Waals surface area contributed by atoms with E-state index in [1.807, 2.05) is 0 Å². The highest BCUT2D eigenvalue weighted by Crippen LogP contribution is 2.16. The largest absolute Gasteiger partial charge is 0.394 e. The summed E-state index contributed by atoms with van der Waals surface area (Å²) in [6.07, 6.45) is 47.4. The van der Waals surface area contributed by atoms with Gasteiger partial charge < -0.3 is 20.6 Å². The smallest absolute Gasteiger partial charge is 0.249 e. The molecule has 0 aromatic carbocycles. The van der Waals surface area contributed by atoms with Gasteiger partial charge in [0.15, 0.2) is 0 Å². The molecule has 0 aliphatic heterocycles. The van der Waals surface area contributed by atoms with Gasteiger partial charge in [-0.2, -0.15) is 0 Å². The summed E-state index contributed by atoms with van der Waals surface area (Å²) in [4.78, 5) is 12.5. The number of allylic oxidation sites excluding steroid dienone is 4. The van der Waals surface area contributed by atoms with Gasteiger partial charge in [0.1, 0.15) is 6.10 Å². The van der Waals surface area contributed by atoms with Crippen LogP contribution in [0.2, 0.25) is 0 Å². The fourth-order valence-electron chi connectivity index (χ4n) is 6.70. The maximum atomic E-state index is 12.5. The number of aliphatic hydroxyl groups is 3. The highest BCUT2D eigenvalue weighted by molar-refractivity contribution is 5.80. The summed E-state index contributed by atoms with van der Waals surface area (Å²) in [5.41, 5.74) is 0. The number of amides is 1. The first-order chi connectivity index (χ1) is 24.1. The highest BCUT2D eigenvalue weighted by Gasteiger charge is 2.23. The Kier molecular flexibility index (Phi) is 38.7. The molecular weight excluding hydrogens is 606 g/mol. The van der Waals surface area contributed by atoms with Crippen LogP contribution in [0.3, 0.4) is 0 Å². The van der Waals surface area contributed by atoms with Crippen LogP contribution in [0.5, 0.6) is 0 Å². The molecule has 3 atom stereocenters. The second-order valence-electron chi connectivity index (χ2n) is 14.9. The molecule has 4 N–H and O–H groups in total. The molecule has 5 heteroatoms. The van der Waals surface area contributed by atoms with E-state index in [0.29, 0.717) is 12.8 Å². The first kappa shape index (κ1) is 47.8. The first-order valence-corrected chi connectivity index (χ1v) is 21.6. The lowest BCUT2D eigenvalue weighted by Gasteiger charge is -2.23. The van der Waals surface area contributed by atoms with Crippen LogP contribution < -0.4 is 5.32 Å². The third kappa shape index (κ3) is 35.0. The van der Waals surface area contributed by atoms with Crippen LogP contribution in [0, 0.1) is 0 Å². The summed E-state index contributed by atoms with van der Waals surface area (Å²) < 4.78 is 0. The van der Waals surface area contributed by atoms with Gasteiger partial charge in [0.25, 0.3) is 0 Å². The van der Waals surface area contributed by atoms with E-state index >= 15 is 0 Å². The Balaban J connectivity index is 3.60. The Hall–Kier alpha value is -1.17. The molecule has 0 heterocycles. The zero-order chi connectivity index (χ0) is 35.9. The fourth-order valence-corrected chi connectivity index (χ4v) is 6.70. The van der Waals surface area contributed by atoms with E-state index in [9.17, 15) is 20.1 Å². The van der Waals surface area contributed by atoms with Crippen molar-refractivity contribution in [1.29, 1.82) is 0 Å². The minimum absolute atomic E-state index is 0.312. The van der Waals surface area contributed by atoms with Gasteiger partial charge in [-0.05, 0) is 38.5 Å². The van der Waals surface area contributed by atoms with Crippen LogP contribution in [-0.4, -0.2) is 46.1 Å². The number of hydrogen-bond donors (Lipinski definition) is 4. The van der Waals surface area contributed by atoms with Crippen molar-refractivity contribution in [1.82, 2.24) is 5.32 Å². The van der Waals surface area contributed by atoms with Crippen LogP contribution in [0.4, 0.5) is 0 Å². The number of carbonyl (C=O) groups excluding carboxylic acids is 1. The number of unbranched alkanes of at least 4 members (excludes halogenated alkanes) is 27. The van der Waals surface area contributed by atoms with Crippen molar-refractivity contribution in [2.24, 2.45) is 0 Å². The van der Waals surface area contributed by atoms with Gasteiger partial charge in [0.2, 0.25) is 5.91 Å².